The molecule has 0 saturated heterocycles. The largest absolute Gasteiger partial charge is 0.497 e. The number of hydrogen-bond acceptors (Lipinski definition) is 4. The fourth-order valence-corrected chi connectivity index (χ4v) is 3.54. The van der Waals surface area contributed by atoms with E-state index in [1.54, 1.807) is 43.5 Å². The van der Waals surface area contributed by atoms with Crippen LogP contribution in [0.15, 0.2) is 53.4 Å². The van der Waals surface area contributed by atoms with Crippen molar-refractivity contribution < 1.29 is 17.9 Å². The molecule has 0 heterocycles. The predicted molar refractivity (Wildman–Crippen MR) is 102 cm³/mol. The van der Waals surface area contributed by atoms with Crippen LogP contribution in [0.25, 0.3) is 0 Å². The molecule has 0 aromatic heterocycles. The number of rotatable bonds is 7. The van der Waals surface area contributed by atoms with E-state index >= 15 is 0 Å². The smallest absolute Gasteiger partial charge is 0.264 e. The van der Waals surface area contributed by atoms with Crippen molar-refractivity contribution in [3.05, 3.63) is 54.1 Å². The van der Waals surface area contributed by atoms with Crippen molar-refractivity contribution in [2.45, 2.75) is 31.2 Å². The monoisotopic (exact) mass is 376 g/mol. The highest BCUT2D eigenvalue weighted by Crippen LogP contribution is 2.24. The van der Waals surface area contributed by atoms with Gasteiger partial charge < -0.3 is 10.1 Å². The molecular formula is C19H24N2O4S. The molecule has 1 amide bonds. The Labute approximate surface area is 154 Å². The number of benzene rings is 2. The fourth-order valence-electron chi connectivity index (χ4n) is 2.30. The Balaban J connectivity index is 2.30. The first-order valence-electron chi connectivity index (χ1n) is 8.33. The molecule has 0 bridgehead atoms. The molecule has 2 aromatic rings. The van der Waals surface area contributed by atoms with Gasteiger partial charge >= 0.3 is 0 Å². The van der Waals surface area contributed by atoms with Crippen LogP contribution in [-0.2, 0) is 10.0 Å². The zero-order valence-electron chi connectivity index (χ0n) is 15.4. The van der Waals surface area contributed by atoms with Crippen molar-refractivity contribution in [2.24, 2.45) is 0 Å². The van der Waals surface area contributed by atoms with Gasteiger partial charge in [0.15, 0.2) is 0 Å². The summed E-state index contributed by atoms with van der Waals surface area (Å²) < 4.78 is 32.1. The summed E-state index contributed by atoms with van der Waals surface area (Å²) in [5.74, 6) is 0.353. The second-order valence-corrected chi connectivity index (χ2v) is 7.95. The Morgan fingerprint density at radius 1 is 1.19 bits per heavy atom. The van der Waals surface area contributed by atoms with Crippen LogP contribution < -0.4 is 14.4 Å². The van der Waals surface area contributed by atoms with Crippen LogP contribution in [0.4, 0.5) is 5.69 Å². The molecular weight excluding hydrogens is 352 g/mol. The Kier molecular flexibility index (Phi) is 6.26. The Morgan fingerprint density at radius 3 is 2.42 bits per heavy atom. The minimum atomic E-state index is -3.79. The number of carbonyl (C=O) groups excluding carboxylic acids is 1. The second-order valence-electron chi connectivity index (χ2n) is 5.98. The first kappa shape index (κ1) is 19.8. The van der Waals surface area contributed by atoms with Gasteiger partial charge in [0.2, 0.25) is 0 Å². The van der Waals surface area contributed by atoms with Gasteiger partial charge in [-0.05, 0) is 55.8 Å². The van der Waals surface area contributed by atoms with E-state index in [9.17, 15) is 13.2 Å². The van der Waals surface area contributed by atoms with Gasteiger partial charge in [0.25, 0.3) is 15.9 Å². The van der Waals surface area contributed by atoms with Crippen molar-refractivity contribution in [2.75, 3.05) is 18.5 Å². The van der Waals surface area contributed by atoms with E-state index in [-0.39, 0.29) is 16.8 Å². The maximum Gasteiger partial charge on any atom is 0.264 e. The lowest BCUT2D eigenvalue weighted by Crippen LogP contribution is -2.32. The Morgan fingerprint density at radius 2 is 1.85 bits per heavy atom. The molecule has 0 radical (unpaired) electrons. The third-order valence-electron chi connectivity index (χ3n) is 4.18. The van der Waals surface area contributed by atoms with Crippen LogP contribution in [0.3, 0.4) is 0 Å². The highest BCUT2D eigenvalue weighted by atomic mass is 32.2. The first-order valence-corrected chi connectivity index (χ1v) is 9.77. The molecule has 0 aliphatic heterocycles. The molecule has 0 saturated carbocycles. The second kappa shape index (κ2) is 8.23. The van der Waals surface area contributed by atoms with Gasteiger partial charge in [-0.1, -0.05) is 13.0 Å². The van der Waals surface area contributed by atoms with E-state index in [1.807, 2.05) is 13.8 Å². The van der Waals surface area contributed by atoms with E-state index in [0.29, 0.717) is 17.0 Å². The van der Waals surface area contributed by atoms with E-state index in [1.165, 1.54) is 23.5 Å². The van der Waals surface area contributed by atoms with E-state index < -0.39 is 10.0 Å². The van der Waals surface area contributed by atoms with Gasteiger partial charge in [0.1, 0.15) is 5.75 Å². The summed E-state index contributed by atoms with van der Waals surface area (Å²) in [5, 5.41) is 2.84. The lowest BCUT2D eigenvalue weighted by molar-refractivity contribution is 0.0939. The first-order chi connectivity index (χ1) is 12.3. The molecule has 0 aliphatic carbocycles. The minimum absolute atomic E-state index is 0.0183. The van der Waals surface area contributed by atoms with Gasteiger partial charge in [0, 0.05) is 18.7 Å². The number of sulfonamides is 1. The quantitative estimate of drug-likeness (QED) is 0.806. The van der Waals surface area contributed by atoms with Crippen LogP contribution in [0.5, 0.6) is 5.75 Å². The van der Waals surface area contributed by atoms with Gasteiger partial charge in [-0.25, -0.2) is 8.42 Å². The molecule has 0 aliphatic rings. The SMILES string of the molecule is CC[C@H](C)NC(=O)c1cccc(S(=O)(=O)N(C)c2ccc(OC)cc2)c1. The van der Waals surface area contributed by atoms with Gasteiger partial charge in [-0.3, -0.25) is 9.10 Å². The molecule has 2 rings (SSSR count). The number of amides is 1. The average Bonchev–Trinajstić information content (AvgIpc) is 2.67. The van der Waals surface area contributed by atoms with Crippen LogP contribution in [-0.4, -0.2) is 34.5 Å². The summed E-state index contributed by atoms with van der Waals surface area (Å²) in [7, 11) is -0.767. The van der Waals surface area contributed by atoms with E-state index in [4.69, 9.17) is 4.74 Å². The van der Waals surface area contributed by atoms with Crippen LogP contribution in [0.2, 0.25) is 0 Å². The Bertz CT molecular complexity index is 863. The average molecular weight is 376 g/mol. The number of ether oxygens (including phenoxy) is 1. The standard InChI is InChI=1S/C19H24N2O4S/c1-5-14(2)20-19(22)15-7-6-8-18(13-15)26(23,24)21(3)16-9-11-17(25-4)12-10-16/h6-14H,5H2,1-4H3,(H,20,22)/t14-/m0/s1. The number of carbonyl (C=O) groups is 1. The highest BCUT2D eigenvalue weighted by molar-refractivity contribution is 7.92. The molecule has 0 unspecified atom stereocenters. The van der Waals surface area contributed by atoms with Crippen molar-refractivity contribution in [3.8, 4) is 5.75 Å². The molecule has 1 N–H and O–H groups in total. The van der Waals surface area contributed by atoms with Gasteiger partial charge in [-0.2, -0.15) is 0 Å². The molecule has 140 valence electrons. The Hall–Kier alpha value is -2.54. The topological polar surface area (TPSA) is 75.7 Å². The summed E-state index contributed by atoms with van der Waals surface area (Å²) in [6.07, 6.45) is 0.796. The van der Waals surface area contributed by atoms with Gasteiger partial charge in [-0.15, -0.1) is 0 Å². The number of nitrogens with one attached hydrogen (secondary N) is 1. The molecule has 6 nitrogen and oxygen atoms in total. The number of hydrogen-bond donors (Lipinski definition) is 1. The molecule has 0 fully saturated rings. The van der Waals surface area contributed by atoms with E-state index in [2.05, 4.69) is 5.32 Å². The predicted octanol–water partition coefficient (Wildman–Crippen LogP) is 3.05. The molecule has 26 heavy (non-hydrogen) atoms. The fraction of sp³-hybridized carbons (Fsp3) is 0.316. The lowest BCUT2D eigenvalue weighted by atomic mass is 10.2. The minimum Gasteiger partial charge on any atom is -0.497 e. The summed E-state index contributed by atoms with van der Waals surface area (Å²) in [5.41, 5.74) is 0.815. The van der Waals surface area contributed by atoms with Crippen LogP contribution in [0.1, 0.15) is 30.6 Å². The number of methoxy groups -OCH3 is 1. The lowest BCUT2D eigenvalue weighted by Gasteiger charge is -2.20. The molecule has 1 atom stereocenters. The summed E-state index contributed by atoms with van der Waals surface area (Å²) in [4.78, 5) is 12.3. The van der Waals surface area contributed by atoms with Crippen molar-refractivity contribution in [1.29, 1.82) is 0 Å². The van der Waals surface area contributed by atoms with Crippen molar-refractivity contribution >= 4 is 21.6 Å². The van der Waals surface area contributed by atoms with E-state index in [0.717, 1.165) is 6.42 Å². The summed E-state index contributed by atoms with van der Waals surface area (Å²) >= 11 is 0. The van der Waals surface area contributed by atoms with Crippen LogP contribution >= 0.6 is 0 Å². The zero-order chi connectivity index (χ0) is 19.3. The molecule has 0 spiro atoms. The molecule has 2 aromatic carbocycles. The van der Waals surface area contributed by atoms with Crippen LogP contribution in [0, 0.1) is 0 Å². The zero-order valence-corrected chi connectivity index (χ0v) is 16.2. The number of anilines is 1. The highest BCUT2D eigenvalue weighted by Gasteiger charge is 2.22. The molecule has 7 heteroatoms. The van der Waals surface area contributed by atoms with Gasteiger partial charge in [0.05, 0.1) is 17.7 Å². The summed E-state index contributed by atoms with van der Waals surface area (Å²) in [6, 6.07) is 12.8. The third-order valence-corrected chi connectivity index (χ3v) is 5.96. The maximum absolute atomic E-state index is 12.9. The summed E-state index contributed by atoms with van der Waals surface area (Å²) in [6.45, 7) is 3.87. The number of nitrogens with zero attached hydrogens (tertiary/aromatic N) is 1. The van der Waals surface area contributed by atoms with Crippen molar-refractivity contribution in [1.82, 2.24) is 5.32 Å². The van der Waals surface area contributed by atoms with Crippen molar-refractivity contribution in [3.63, 3.8) is 0 Å². The third kappa shape index (κ3) is 4.35. The normalized spacial score (nSPS) is 12.3. The maximum atomic E-state index is 12.9.